The molecule has 0 atom stereocenters. The average molecular weight is 149 g/mol. The van der Waals surface area contributed by atoms with Crippen LogP contribution in [0.2, 0.25) is 0 Å². The number of aromatic nitrogens is 1. The van der Waals surface area contributed by atoms with Gasteiger partial charge in [0.2, 0.25) is 0 Å². The number of aromatic amines is 1. The monoisotopic (exact) mass is 149 g/mol. The molecule has 1 rings (SSSR count). The summed E-state index contributed by atoms with van der Waals surface area (Å²) in [4.78, 5) is 13.1. The van der Waals surface area contributed by atoms with Crippen molar-refractivity contribution in [2.24, 2.45) is 0 Å². The minimum atomic E-state index is -0.0794. The van der Waals surface area contributed by atoms with Crippen LogP contribution in [-0.4, -0.2) is 12.8 Å². The van der Waals surface area contributed by atoms with Gasteiger partial charge in [0.25, 0.3) is 5.56 Å². The standard InChI is InChI=1S/C6H6BNO.C2H6/c1-4-2-5(7)3-8-6(4)9;1-2/h2-3H,1H3,(H,8,9);1-2H3. The fourth-order valence-corrected chi connectivity index (χ4v) is 0.620. The molecule has 0 unspecified atom stereocenters. The second-order valence-electron chi connectivity index (χ2n) is 1.95. The van der Waals surface area contributed by atoms with Gasteiger partial charge in [0, 0.05) is 5.56 Å². The highest BCUT2D eigenvalue weighted by molar-refractivity contribution is 6.32. The maximum Gasteiger partial charge on any atom is 0.250 e. The van der Waals surface area contributed by atoms with Gasteiger partial charge in [0.05, 0.1) is 0 Å². The van der Waals surface area contributed by atoms with E-state index in [1.807, 2.05) is 13.8 Å². The van der Waals surface area contributed by atoms with Crippen LogP contribution >= 0.6 is 0 Å². The highest BCUT2D eigenvalue weighted by atomic mass is 16.1. The summed E-state index contributed by atoms with van der Waals surface area (Å²) in [6.07, 6.45) is 1.48. The Bertz CT molecular complexity index is 267. The first kappa shape index (κ1) is 10.0. The number of rotatable bonds is 0. The van der Waals surface area contributed by atoms with Crippen molar-refractivity contribution < 1.29 is 0 Å². The zero-order valence-electron chi connectivity index (χ0n) is 7.14. The summed E-state index contributed by atoms with van der Waals surface area (Å²) in [5, 5.41) is 0. The average Bonchev–Trinajstić information content (AvgIpc) is 2.02. The molecule has 0 aliphatic carbocycles. The summed E-state index contributed by atoms with van der Waals surface area (Å²) in [7, 11) is 5.36. The van der Waals surface area contributed by atoms with Gasteiger partial charge in [0.15, 0.2) is 0 Å². The van der Waals surface area contributed by atoms with Gasteiger partial charge in [-0.25, -0.2) is 0 Å². The predicted octanol–water partition coefficient (Wildman–Crippen LogP) is 0.503. The van der Waals surface area contributed by atoms with Crippen LogP contribution < -0.4 is 11.0 Å². The molecule has 11 heavy (non-hydrogen) atoms. The molecule has 1 aromatic heterocycles. The van der Waals surface area contributed by atoms with Gasteiger partial charge >= 0.3 is 0 Å². The van der Waals surface area contributed by atoms with Crippen molar-refractivity contribution in [1.29, 1.82) is 0 Å². The zero-order chi connectivity index (χ0) is 8.85. The van der Waals surface area contributed by atoms with E-state index in [1.165, 1.54) is 6.20 Å². The van der Waals surface area contributed by atoms with E-state index in [0.29, 0.717) is 11.0 Å². The molecule has 0 saturated heterocycles. The SMILES string of the molecule is CC.[B]c1c[nH]c(=O)c(C)c1. The predicted molar refractivity (Wildman–Crippen MR) is 48.5 cm³/mol. The topological polar surface area (TPSA) is 32.9 Å². The van der Waals surface area contributed by atoms with E-state index in [2.05, 4.69) is 4.98 Å². The lowest BCUT2D eigenvalue weighted by Crippen LogP contribution is -2.15. The number of pyridine rings is 1. The summed E-state index contributed by atoms with van der Waals surface area (Å²) in [5.41, 5.74) is 1.16. The smallest absolute Gasteiger partial charge is 0.250 e. The van der Waals surface area contributed by atoms with Gasteiger partial charge in [0.1, 0.15) is 7.85 Å². The largest absolute Gasteiger partial charge is 0.329 e. The number of hydrogen-bond donors (Lipinski definition) is 1. The maximum atomic E-state index is 10.7. The Morgan fingerprint density at radius 1 is 1.45 bits per heavy atom. The third-order valence-corrected chi connectivity index (χ3v) is 1.11. The highest BCUT2D eigenvalue weighted by Crippen LogP contribution is 1.78. The Hall–Kier alpha value is -0.985. The summed E-state index contributed by atoms with van der Waals surface area (Å²) in [5.74, 6) is 0. The van der Waals surface area contributed by atoms with E-state index in [4.69, 9.17) is 7.85 Å². The van der Waals surface area contributed by atoms with Crippen LogP contribution in [0.1, 0.15) is 19.4 Å². The van der Waals surface area contributed by atoms with E-state index in [9.17, 15) is 4.79 Å². The van der Waals surface area contributed by atoms with E-state index >= 15 is 0 Å². The van der Waals surface area contributed by atoms with Crippen molar-refractivity contribution in [3.63, 3.8) is 0 Å². The molecule has 0 aromatic carbocycles. The van der Waals surface area contributed by atoms with Crippen molar-refractivity contribution >= 4 is 13.3 Å². The van der Waals surface area contributed by atoms with E-state index < -0.39 is 0 Å². The van der Waals surface area contributed by atoms with Crippen molar-refractivity contribution in [2.75, 3.05) is 0 Å². The molecule has 0 bridgehead atoms. The second kappa shape index (κ2) is 4.77. The highest BCUT2D eigenvalue weighted by Gasteiger charge is 1.89. The lowest BCUT2D eigenvalue weighted by molar-refractivity contribution is 1.20. The summed E-state index contributed by atoms with van der Waals surface area (Å²) >= 11 is 0. The lowest BCUT2D eigenvalue weighted by atomic mass is 9.98. The molecule has 2 radical (unpaired) electrons. The van der Waals surface area contributed by atoms with Gasteiger partial charge in [-0.05, 0) is 13.1 Å². The molecule has 0 spiro atoms. The number of aryl methyl sites for hydroxylation is 1. The van der Waals surface area contributed by atoms with Crippen molar-refractivity contribution in [1.82, 2.24) is 4.98 Å². The molecule has 58 valence electrons. The molecule has 0 saturated carbocycles. The third-order valence-electron chi connectivity index (χ3n) is 1.11. The first-order valence-corrected chi connectivity index (χ1v) is 3.65. The fourth-order valence-electron chi connectivity index (χ4n) is 0.620. The minimum absolute atomic E-state index is 0.0794. The molecular formula is C8H12BNO. The first-order chi connectivity index (χ1) is 5.20. The van der Waals surface area contributed by atoms with Gasteiger partial charge in [-0.2, -0.15) is 0 Å². The Morgan fingerprint density at radius 3 is 2.36 bits per heavy atom. The zero-order valence-corrected chi connectivity index (χ0v) is 7.14. The van der Waals surface area contributed by atoms with Gasteiger partial charge in [-0.3, -0.25) is 4.79 Å². The van der Waals surface area contributed by atoms with Crippen LogP contribution in [-0.2, 0) is 0 Å². The molecule has 0 fully saturated rings. The third kappa shape index (κ3) is 3.07. The van der Waals surface area contributed by atoms with Crippen LogP contribution in [0.4, 0.5) is 0 Å². The normalized spacial score (nSPS) is 8.27. The van der Waals surface area contributed by atoms with Crippen LogP contribution in [0.25, 0.3) is 0 Å². The van der Waals surface area contributed by atoms with Crippen LogP contribution in [0.15, 0.2) is 17.1 Å². The Balaban J connectivity index is 0.000000461. The van der Waals surface area contributed by atoms with Crippen LogP contribution in [0, 0.1) is 6.92 Å². The van der Waals surface area contributed by atoms with Crippen molar-refractivity contribution in [2.45, 2.75) is 20.8 Å². The summed E-state index contributed by atoms with van der Waals surface area (Å²) < 4.78 is 0. The Kier molecular flexibility index (Phi) is 4.35. The van der Waals surface area contributed by atoms with E-state index in [-0.39, 0.29) is 5.56 Å². The van der Waals surface area contributed by atoms with Crippen LogP contribution in [0.5, 0.6) is 0 Å². The molecular weight excluding hydrogens is 137 g/mol. The Labute approximate surface area is 68.1 Å². The molecule has 0 aliphatic rings. The maximum absolute atomic E-state index is 10.7. The van der Waals surface area contributed by atoms with Crippen molar-refractivity contribution in [3.05, 3.63) is 28.2 Å². The number of H-pyrrole nitrogens is 1. The van der Waals surface area contributed by atoms with Gasteiger partial charge < -0.3 is 4.98 Å². The first-order valence-electron chi connectivity index (χ1n) is 3.65. The van der Waals surface area contributed by atoms with Crippen LogP contribution in [0.3, 0.4) is 0 Å². The van der Waals surface area contributed by atoms with Gasteiger partial charge in [-0.1, -0.05) is 25.4 Å². The molecule has 1 heterocycles. The summed E-state index contributed by atoms with van der Waals surface area (Å²) in [6.45, 7) is 5.72. The van der Waals surface area contributed by atoms with E-state index in [1.54, 1.807) is 13.0 Å². The second-order valence-corrected chi connectivity index (χ2v) is 1.95. The number of nitrogens with one attached hydrogen (secondary N) is 1. The Morgan fingerprint density at radius 2 is 2.00 bits per heavy atom. The lowest BCUT2D eigenvalue weighted by Gasteiger charge is -1.91. The van der Waals surface area contributed by atoms with Gasteiger partial charge in [-0.15, -0.1) is 0 Å². The molecule has 1 aromatic rings. The quantitative estimate of drug-likeness (QED) is 0.535. The summed E-state index contributed by atoms with van der Waals surface area (Å²) in [6, 6.07) is 1.64. The minimum Gasteiger partial charge on any atom is -0.329 e. The molecule has 0 amide bonds. The molecule has 3 heteroatoms. The molecule has 0 aliphatic heterocycles. The molecule has 2 nitrogen and oxygen atoms in total. The number of hydrogen-bond acceptors (Lipinski definition) is 1. The van der Waals surface area contributed by atoms with E-state index in [0.717, 1.165) is 0 Å². The van der Waals surface area contributed by atoms with Crippen molar-refractivity contribution in [3.8, 4) is 0 Å². The fraction of sp³-hybridized carbons (Fsp3) is 0.375. The molecule has 1 N–H and O–H groups in total.